The van der Waals surface area contributed by atoms with Crippen molar-refractivity contribution in [2.45, 2.75) is 29.7 Å². The van der Waals surface area contributed by atoms with Crippen LogP contribution in [0.15, 0.2) is 88.7 Å². The fourth-order valence-corrected chi connectivity index (χ4v) is 8.25. The zero-order valence-corrected chi connectivity index (χ0v) is 24.4. The van der Waals surface area contributed by atoms with Gasteiger partial charge in [-0.25, -0.2) is 4.90 Å². The van der Waals surface area contributed by atoms with Gasteiger partial charge in [-0.3, -0.25) is 23.7 Å². The second-order valence-electron chi connectivity index (χ2n) is 10.4. The number of rotatable bonds is 6. The molecular weight excluding hydrogens is 556 g/mol. The van der Waals surface area contributed by atoms with E-state index in [1.54, 1.807) is 24.3 Å². The lowest BCUT2D eigenvalue weighted by Crippen LogP contribution is -2.33. The molecule has 1 N–H and O–H groups in total. The average molecular weight is 585 g/mol. The molecule has 2 aliphatic heterocycles. The SMILES string of the molecule is Cc1ccccc1NC(=O)Cn1c2c(sc1=O)C(c1ccc(N(C)C)cc1)C1C(=O)N(c3ccccc3)C(=O)C1S2. The highest BCUT2D eigenvalue weighted by Gasteiger charge is 2.56. The van der Waals surface area contributed by atoms with Gasteiger partial charge in [-0.2, -0.15) is 0 Å². The van der Waals surface area contributed by atoms with E-state index in [0.29, 0.717) is 21.3 Å². The van der Waals surface area contributed by atoms with Crippen LogP contribution in [0.4, 0.5) is 17.1 Å². The molecule has 3 atom stereocenters. The molecule has 10 heteroatoms. The lowest BCUT2D eigenvalue weighted by atomic mass is 9.83. The average Bonchev–Trinajstić information content (AvgIpc) is 3.41. The van der Waals surface area contributed by atoms with Crippen LogP contribution in [0.5, 0.6) is 0 Å². The predicted molar refractivity (Wildman–Crippen MR) is 163 cm³/mol. The van der Waals surface area contributed by atoms with E-state index in [4.69, 9.17) is 0 Å². The van der Waals surface area contributed by atoms with Gasteiger partial charge in [-0.1, -0.05) is 71.6 Å². The minimum Gasteiger partial charge on any atom is -0.378 e. The number of fused-ring (bicyclic) bond motifs is 2. The van der Waals surface area contributed by atoms with Gasteiger partial charge in [0.1, 0.15) is 11.8 Å². The van der Waals surface area contributed by atoms with Crippen LogP contribution in [-0.2, 0) is 20.9 Å². The number of imide groups is 1. The van der Waals surface area contributed by atoms with Crippen molar-refractivity contribution in [2.24, 2.45) is 5.92 Å². The van der Waals surface area contributed by atoms with E-state index in [-0.39, 0.29) is 29.1 Å². The maximum atomic E-state index is 14.0. The van der Waals surface area contributed by atoms with Crippen molar-refractivity contribution in [3.05, 3.63) is 105 Å². The predicted octanol–water partition coefficient (Wildman–Crippen LogP) is 4.72. The first kappa shape index (κ1) is 27.0. The quantitative estimate of drug-likeness (QED) is 0.330. The number of carbonyl (C=O) groups excluding carboxylic acids is 3. The topological polar surface area (TPSA) is 91.7 Å². The van der Waals surface area contributed by atoms with E-state index in [1.807, 2.05) is 80.5 Å². The van der Waals surface area contributed by atoms with Crippen LogP contribution in [0.25, 0.3) is 0 Å². The van der Waals surface area contributed by atoms with Crippen molar-refractivity contribution in [2.75, 3.05) is 29.2 Å². The molecular formula is C31H28N4O4S2. The highest BCUT2D eigenvalue weighted by atomic mass is 32.2. The number of aromatic nitrogens is 1. The van der Waals surface area contributed by atoms with Crippen LogP contribution >= 0.6 is 23.1 Å². The second-order valence-corrected chi connectivity index (χ2v) is 12.5. The number of amides is 3. The molecule has 0 saturated carbocycles. The molecule has 3 heterocycles. The number of carbonyl (C=O) groups is 3. The third-order valence-corrected chi connectivity index (χ3v) is 10.2. The Morgan fingerprint density at radius 1 is 0.902 bits per heavy atom. The van der Waals surface area contributed by atoms with Gasteiger partial charge in [0.2, 0.25) is 17.7 Å². The molecule has 0 spiro atoms. The number of nitrogens with zero attached hydrogens (tertiary/aromatic N) is 3. The fourth-order valence-electron chi connectivity index (χ4n) is 5.47. The minimum absolute atomic E-state index is 0.194. The van der Waals surface area contributed by atoms with E-state index in [0.717, 1.165) is 28.2 Å². The van der Waals surface area contributed by atoms with Gasteiger partial charge in [0, 0.05) is 36.3 Å². The summed E-state index contributed by atoms with van der Waals surface area (Å²) in [7, 11) is 3.90. The molecule has 1 saturated heterocycles. The van der Waals surface area contributed by atoms with Crippen molar-refractivity contribution in [3.8, 4) is 0 Å². The van der Waals surface area contributed by atoms with Crippen LogP contribution in [0.1, 0.15) is 21.9 Å². The van der Waals surface area contributed by atoms with Gasteiger partial charge in [0.25, 0.3) is 0 Å². The highest BCUT2D eigenvalue weighted by Crippen LogP contribution is 2.54. The van der Waals surface area contributed by atoms with Crippen molar-refractivity contribution in [1.82, 2.24) is 4.57 Å². The summed E-state index contributed by atoms with van der Waals surface area (Å²) in [5, 5.41) is 2.74. The molecule has 3 aromatic carbocycles. The van der Waals surface area contributed by atoms with Crippen LogP contribution in [0.2, 0.25) is 0 Å². The van der Waals surface area contributed by atoms with Crippen LogP contribution in [0.3, 0.4) is 0 Å². The van der Waals surface area contributed by atoms with Gasteiger partial charge in [0.05, 0.1) is 16.6 Å². The monoisotopic (exact) mass is 584 g/mol. The zero-order valence-electron chi connectivity index (χ0n) is 22.7. The fraction of sp³-hybridized carbons (Fsp3) is 0.226. The molecule has 3 unspecified atom stereocenters. The smallest absolute Gasteiger partial charge is 0.308 e. The van der Waals surface area contributed by atoms with E-state index in [1.165, 1.54) is 21.2 Å². The lowest BCUT2D eigenvalue weighted by molar-refractivity contribution is -0.122. The summed E-state index contributed by atoms with van der Waals surface area (Å²) in [5.74, 6) is -2.12. The van der Waals surface area contributed by atoms with Gasteiger partial charge >= 0.3 is 4.87 Å². The Morgan fingerprint density at radius 2 is 1.59 bits per heavy atom. The number of nitrogens with one attached hydrogen (secondary N) is 1. The molecule has 8 nitrogen and oxygen atoms in total. The molecule has 1 fully saturated rings. The largest absolute Gasteiger partial charge is 0.378 e. The first-order valence-electron chi connectivity index (χ1n) is 13.2. The van der Waals surface area contributed by atoms with Crippen molar-refractivity contribution >= 4 is 57.9 Å². The van der Waals surface area contributed by atoms with Crippen LogP contribution < -0.4 is 20.0 Å². The molecule has 2 aliphatic rings. The molecule has 1 aromatic heterocycles. The molecule has 0 radical (unpaired) electrons. The standard InChI is InChI=1S/C31H28N4O4S2/c1-18-9-7-8-12-22(18)32-23(36)17-34-30-27(41-31(34)39)24(19-13-15-20(16-14-19)33(2)3)25-26(40-30)29(38)35(28(25)37)21-10-5-4-6-11-21/h4-16,24-26H,17H2,1-3H3,(H,32,36). The first-order valence-corrected chi connectivity index (χ1v) is 14.9. The Kier molecular flexibility index (Phi) is 7.04. The summed E-state index contributed by atoms with van der Waals surface area (Å²) in [6, 6.07) is 24.2. The summed E-state index contributed by atoms with van der Waals surface area (Å²) in [4.78, 5) is 57.9. The number of thiazole rings is 1. The number of hydrogen-bond acceptors (Lipinski definition) is 7. The zero-order chi connectivity index (χ0) is 28.8. The van der Waals surface area contributed by atoms with Gasteiger partial charge in [-0.15, -0.1) is 0 Å². The Balaban J connectivity index is 1.42. The summed E-state index contributed by atoms with van der Waals surface area (Å²) in [5.41, 5.74) is 3.96. The number of thioether (sulfide) groups is 1. The van der Waals surface area contributed by atoms with Crippen LogP contribution in [-0.4, -0.2) is 41.6 Å². The van der Waals surface area contributed by atoms with E-state index in [9.17, 15) is 19.2 Å². The molecule has 0 aliphatic carbocycles. The van der Waals surface area contributed by atoms with Crippen molar-refractivity contribution < 1.29 is 14.4 Å². The van der Waals surface area contributed by atoms with E-state index in [2.05, 4.69) is 5.32 Å². The Morgan fingerprint density at radius 3 is 2.27 bits per heavy atom. The number of benzene rings is 3. The first-order chi connectivity index (χ1) is 19.7. The number of aryl methyl sites for hydroxylation is 1. The molecule has 4 aromatic rings. The summed E-state index contributed by atoms with van der Waals surface area (Å²) >= 11 is 2.26. The third-order valence-electron chi connectivity index (χ3n) is 7.55. The molecule has 3 amide bonds. The van der Waals surface area contributed by atoms with Gasteiger partial charge in [0.15, 0.2) is 0 Å². The molecule has 0 bridgehead atoms. The van der Waals surface area contributed by atoms with Crippen molar-refractivity contribution in [3.63, 3.8) is 0 Å². The number of hydrogen-bond donors (Lipinski definition) is 1. The maximum Gasteiger partial charge on any atom is 0.308 e. The Hall–Kier alpha value is -4.15. The van der Waals surface area contributed by atoms with Gasteiger partial charge < -0.3 is 10.2 Å². The van der Waals surface area contributed by atoms with E-state index < -0.39 is 17.1 Å². The summed E-state index contributed by atoms with van der Waals surface area (Å²) in [6.45, 7) is 1.71. The molecule has 208 valence electrons. The van der Waals surface area contributed by atoms with Crippen LogP contribution in [0, 0.1) is 12.8 Å². The van der Waals surface area contributed by atoms with Gasteiger partial charge in [-0.05, 0) is 48.4 Å². The van der Waals surface area contributed by atoms with Crippen molar-refractivity contribution in [1.29, 1.82) is 0 Å². The Bertz CT molecular complexity index is 1710. The summed E-state index contributed by atoms with van der Waals surface area (Å²) < 4.78 is 1.44. The van der Waals surface area contributed by atoms with E-state index >= 15 is 0 Å². The number of anilines is 3. The lowest BCUT2D eigenvalue weighted by Gasteiger charge is -2.31. The Labute approximate surface area is 245 Å². The maximum absolute atomic E-state index is 14.0. The second kappa shape index (κ2) is 10.7. The highest BCUT2D eigenvalue weighted by molar-refractivity contribution is 8.00. The summed E-state index contributed by atoms with van der Waals surface area (Å²) in [6.07, 6.45) is 0. The molecule has 6 rings (SSSR count). The molecule has 41 heavy (non-hydrogen) atoms. The number of para-hydroxylation sites is 2. The third kappa shape index (κ3) is 4.76. The normalized spacial score (nSPS) is 19.6. The minimum atomic E-state index is -0.728.